The third-order valence-corrected chi connectivity index (χ3v) is 4.11. The molecule has 0 aliphatic carbocycles. The smallest absolute Gasteiger partial charge is 0.258 e. The molecule has 0 unspecified atom stereocenters. The maximum atomic E-state index is 13.6. The summed E-state index contributed by atoms with van der Waals surface area (Å²) in [6.07, 6.45) is 0.265. The zero-order valence-electron chi connectivity index (χ0n) is 14.0. The fourth-order valence-electron chi connectivity index (χ4n) is 2.68. The van der Waals surface area contributed by atoms with Crippen molar-refractivity contribution < 1.29 is 23.1 Å². The van der Waals surface area contributed by atoms with Crippen molar-refractivity contribution in [3.63, 3.8) is 0 Å². The zero-order valence-corrected chi connectivity index (χ0v) is 14.0. The first kappa shape index (κ1) is 18.0. The Morgan fingerprint density at radius 3 is 2.38 bits per heavy atom. The highest BCUT2D eigenvalue weighted by Gasteiger charge is 2.17. The van der Waals surface area contributed by atoms with Gasteiger partial charge in [0, 0.05) is 24.8 Å². The van der Waals surface area contributed by atoms with Gasteiger partial charge in [0.15, 0.2) is 0 Å². The number of anilines is 1. The number of benzene rings is 2. The monoisotopic (exact) mass is 360 g/mol. The Bertz CT molecular complexity index is 803. The molecule has 136 valence electrons. The third-order valence-electron chi connectivity index (χ3n) is 4.11. The van der Waals surface area contributed by atoms with Gasteiger partial charge in [-0.05, 0) is 29.8 Å². The minimum absolute atomic E-state index is 0.0264. The Labute approximate surface area is 149 Å². The minimum Gasteiger partial charge on any atom is -0.378 e. The molecule has 0 spiro atoms. The summed E-state index contributed by atoms with van der Waals surface area (Å²) in [5.41, 5.74) is 1.03. The molecule has 2 aromatic rings. The van der Waals surface area contributed by atoms with Crippen LogP contribution >= 0.6 is 0 Å². The Hall–Kier alpha value is -2.80. The van der Waals surface area contributed by atoms with Crippen LogP contribution in [0.1, 0.15) is 15.9 Å². The van der Waals surface area contributed by atoms with Crippen LogP contribution < -0.4 is 5.32 Å². The predicted octanol–water partition coefficient (Wildman–Crippen LogP) is 2.62. The lowest BCUT2D eigenvalue weighted by Gasteiger charge is -2.26. The number of rotatable bonds is 4. The summed E-state index contributed by atoms with van der Waals surface area (Å²) >= 11 is 0. The molecule has 2 amide bonds. The van der Waals surface area contributed by atoms with Crippen molar-refractivity contribution in [3.8, 4) is 0 Å². The zero-order chi connectivity index (χ0) is 18.5. The minimum atomic E-state index is -0.921. The van der Waals surface area contributed by atoms with Crippen LogP contribution in [-0.2, 0) is 16.0 Å². The van der Waals surface area contributed by atoms with Gasteiger partial charge in [-0.1, -0.05) is 12.1 Å². The van der Waals surface area contributed by atoms with E-state index in [1.165, 1.54) is 0 Å². The van der Waals surface area contributed by atoms with Gasteiger partial charge in [-0.3, -0.25) is 9.59 Å². The summed E-state index contributed by atoms with van der Waals surface area (Å²) in [7, 11) is 0. The maximum absolute atomic E-state index is 13.6. The Balaban J connectivity index is 1.60. The first-order chi connectivity index (χ1) is 12.5. The number of amides is 2. The summed E-state index contributed by atoms with van der Waals surface area (Å²) in [4.78, 5) is 26.0. The fourth-order valence-corrected chi connectivity index (χ4v) is 2.68. The van der Waals surface area contributed by atoms with Crippen molar-refractivity contribution in [2.75, 3.05) is 31.6 Å². The largest absolute Gasteiger partial charge is 0.378 e. The molecule has 1 fully saturated rings. The summed E-state index contributed by atoms with van der Waals surface area (Å²) in [6, 6.07) is 9.52. The SMILES string of the molecule is O=C(Nc1ccc(CC(=O)N2CCOCC2)cc1)c1ccc(F)cc1F. The molecule has 0 aromatic heterocycles. The van der Waals surface area contributed by atoms with Crippen molar-refractivity contribution in [2.45, 2.75) is 6.42 Å². The molecule has 0 radical (unpaired) electrons. The molecular weight excluding hydrogens is 342 g/mol. The number of nitrogens with zero attached hydrogens (tertiary/aromatic N) is 1. The van der Waals surface area contributed by atoms with Gasteiger partial charge in [0.2, 0.25) is 5.91 Å². The van der Waals surface area contributed by atoms with Crippen LogP contribution in [0.2, 0.25) is 0 Å². The molecule has 1 aliphatic heterocycles. The van der Waals surface area contributed by atoms with E-state index >= 15 is 0 Å². The van der Waals surface area contributed by atoms with Crippen LogP contribution in [0.15, 0.2) is 42.5 Å². The molecular formula is C19H18F2N2O3. The Morgan fingerprint density at radius 2 is 1.73 bits per heavy atom. The first-order valence-corrected chi connectivity index (χ1v) is 8.24. The van der Waals surface area contributed by atoms with E-state index in [0.29, 0.717) is 38.1 Å². The average molecular weight is 360 g/mol. The average Bonchev–Trinajstić information content (AvgIpc) is 2.64. The van der Waals surface area contributed by atoms with E-state index < -0.39 is 17.5 Å². The number of morpholine rings is 1. The van der Waals surface area contributed by atoms with Gasteiger partial charge in [0.05, 0.1) is 25.2 Å². The highest BCUT2D eigenvalue weighted by molar-refractivity contribution is 6.04. The van der Waals surface area contributed by atoms with E-state index in [4.69, 9.17) is 4.74 Å². The van der Waals surface area contributed by atoms with E-state index in [0.717, 1.165) is 17.7 Å². The van der Waals surface area contributed by atoms with Crippen LogP contribution in [0.5, 0.6) is 0 Å². The summed E-state index contributed by atoms with van der Waals surface area (Å²) < 4.78 is 31.8. The molecule has 0 saturated carbocycles. The van der Waals surface area contributed by atoms with Crippen molar-refractivity contribution >= 4 is 17.5 Å². The fraction of sp³-hybridized carbons (Fsp3) is 0.263. The van der Waals surface area contributed by atoms with Crippen molar-refractivity contribution in [3.05, 3.63) is 65.2 Å². The number of nitrogens with one attached hydrogen (secondary N) is 1. The third kappa shape index (κ3) is 4.43. The van der Waals surface area contributed by atoms with Gasteiger partial charge >= 0.3 is 0 Å². The molecule has 0 atom stereocenters. The lowest BCUT2D eigenvalue weighted by molar-refractivity contribution is -0.134. The van der Waals surface area contributed by atoms with Crippen molar-refractivity contribution in [1.29, 1.82) is 0 Å². The first-order valence-electron chi connectivity index (χ1n) is 8.24. The second-order valence-electron chi connectivity index (χ2n) is 5.95. The number of carbonyl (C=O) groups excluding carboxylic acids is 2. The molecule has 5 nitrogen and oxygen atoms in total. The summed E-state index contributed by atoms with van der Waals surface area (Å²) in [6.45, 7) is 2.29. The van der Waals surface area contributed by atoms with Crippen LogP contribution in [0, 0.1) is 11.6 Å². The normalized spacial score (nSPS) is 14.2. The summed E-state index contributed by atoms with van der Waals surface area (Å²) in [5.74, 6) is -2.30. The lowest BCUT2D eigenvalue weighted by atomic mass is 10.1. The molecule has 1 N–H and O–H groups in total. The second kappa shape index (κ2) is 8.05. The Morgan fingerprint density at radius 1 is 1.04 bits per heavy atom. The second-order valence-corrected chi connectivity index (χ2v) is 5.95. The molecule has 2 aromatic carbocycles. The van der Waals surface area contributed by atoms with Crippen molar-refractivity contribution in [1.82, 2.24) is 4.90 Å². The quantitative estimate of drug-likeness (QED) is 0.912. The Kier molecular flexibility index (Phi) is 5.58. The van der Waals surface area contributed by atoms with E-state index in [1.807, 2.05) is 0 Å². The van der Waals surface area contributed by atoms with E-state index in [-0.39, 0.29) is 17.9 Å². The molecule has 7 heteroatoms. The number of carbonyl (C=O) groups is 2. The van der Waals surface area contributed by atoms with Gasteiger partial charge in [0.1, 0.15) is 11.6 Å². The molecule has 0 bridgehead atoms. The lowest BCUT2D eigenvalue weighted by Crippen LogP contribution is -2.41. The van der Waals surface area contributed by atoms with Gasteiger partial charge in [-0.25, -0.2) is 8.78 Å². The van der Waals surface area contributed by atoms with Gasteiger partial charge in [-0.15, -0.1) is 0 Å². The molecule has 3 rings (SSSR count). The highest BCUT2D eigenvalue weighted by atomic mass is 19.1. The molecule has 1 saturated heterocycles. The van der Waals surface area contributed by atoms with E-state index in [1.54, 1.807) is 29.2 Å². The van der Waals surface area contributed by atoms with Crippen LogP contribution in [-0.4, -0.2) is 43.0 Å². The standard InChI is InChI=1S/C19H18F2N2O3/c20-14-3-6-16(17(21)12-14)19(25)22-15-4-1-13(2-5-15)11-18(24)23-7-9-26-10-8-23/h1-6,12H,7-11H2,(H,22,25). The highest BCUT2D eigenvalue weighted by Crippen LogP contribution is 2.15. The topological polar surface area (TPSA) is 58.6 Å². The van der Waals surface area contributed by atoms with Gasteiger partial charge in [0.25, 0.3) is 5.91 Å². The molecule has 1 aliphatic rings. The number of hydrogen-bond acceptors (Lipinski definition) is 3. The number of hydrogen-bond donors (Lipinski definition) is 1. The summed E-state index contributed by atoms with van der Waals surface area (Å²) in [5, 5.41) is 2.55. The predicted molar refractivity (Wildman–Crippen MR) is 91.9 cm³/mol. The van der Waals surface area contributed by atoms with E-state index in [2.05, 4.69) is 5.32 Å². The van der Waals surface area contributed by atoms with E-state index in [9.17, 15) is 18.4 Å². The van der Waals surface area contributed by atoms with Crippen LogP contribution in [0.25, 0.3) is 0 Å². The van der Waals surface area contributed by atoms with Crippen molar-refractivity contribution in [2.24, 2.45) is 0 Å². The van der Waals surface area contributed by atoms with Gasteiger partial charge < -0.3 is 15.0 Å². The maximum Gasteiger partial charge on any atom is 0.258 e. The van der Waals surface area contributed by atoms with Crippen LogP contribution in [0.3, 0.4) is 0 Å². The number of halogens is 2. The van der Waals surface area contributed by atoms with Crippen LogP contribution in [0.4, 0.5) is 14.5 Å². The molecule has 26 heavy (non-hydrogen) atoms. The molecule has 1 heterocycles. The van der Waals surface area contributed by atoms with Gasteiger partial charge in [-0.2, -0.15) is 0 Å². The number of ether oxygens (including phenoxy) is 1.